The van der Waals surface area contributed by atoms with Gasteiger partial charge in [0.25, 0.3) is 0 Å². The molecule has 2 rings (SSSR count). The lowest BCUT2D eigenvalue weighted by molar-refractivity contribution is 0.165. The van der Waals surface area contributed by atoms with E-state index in [9.17, 15) is 0 Å². The van der Waals surface area contributed by atoms with Gasteiger partial charge in [0.2, 0.25) is 0 Å². The average molecular weight is 246 g/mol. The van der Waals surface area contributed by atoms with E-state index in [1.165, 1.54) is 42.6 Å². The van der Waals surface area contributed by atoms with Crippen LogP contribution in [0.5, 0.6) is 0 Å². The van der Waals surface area contributed by atoms with Crippen LogP contribution in [0.15, 0.2) is 18.2 Å². The monoisotopic (exact) mass is 246 g/mol. The molecular formula is C16H26N2. The highest BCUT2D eigenvalue weighted by Crippen LogP contribution is 2.22. The number of hydrogen-bond donors (Lipinski definition) is 1. The van der Waals surface area contributed by atoms with Gasteiger partial charge >= 0.3 is 0 Å². The summed E-state index contributed by atoms with van der Waals surface area (Å²) < 4.78 is 0. The first-order valence-corrected chi connectivity index (χ1v) is 7.10. The molecule has 1 fully saturated rings. The van der Waals surface area contributed by atoms with Crippen LogP contribution in [0.3, 0.4) is 0 Å². The number of nitrogens with zero attached hydrogens (tertiary/aromatic N) is 1. The number of aryl methyl sites for hydroxylation is 2. The van der Waals surface area contributed by atoms with Crippen molar-refractivity contribution in [3.63, 3.8) is 0 Å². The summed E-state index contributed by atoms with van der Waals surface area (Å²) in [6.45, 7) is 10.0. The smallest absolute Gasteiger partial charge is 0.0236 e. The van der Waals surface area contributed by atoms with E-state index in [2.05, 4.69) is 43.9 Å². The van der Waals surface area contributed by atoms with E-state index < -0.39 is 0 Å². The number of benzene rings is 1. The number of likely N-dealkylation sites (tertiary alicyclic amines) is 1. The minimum Gasteiger partial charge on any atom is -0.328 e. The summed E-state index contributed by atoms with van der Waals surface area (Å²) in [5.74, 6) is 0.722. The zero-order valence-electron chi connectivity index (χ0n) is 11.9. The van der Waals surface area contributed by atoms with Gasteiger partial charge in [-0.05, 0) is 63.7 Å². The van der Waals surface area contributed by atoms with Gasteiger partial charge in [-0.3, -0.25) is 4.90 Å². The Labute approximate surface area is 111 Å². The summed E-state index contributed by atoms with van der Waals surface area (Å²) in [4.78, 5) is 2.57. The van der Waals surface area contributed by atoms with Gasteiger partial charge in [-0.15, -0.1) is 0 Å². The molecule has 1 aromatic carbocycles. The minimum atomic E-state index is 0.354. The van der Waals surface area contributed by atoms with Gasteiger partial charge < -0.3 is 5.73 Å². The predicted octanol–water partition coefficient (Wildman–Crippen LogP) is 2.86. The third-order valence-electron chi connectivity index (χ3n) is 4.27. The second kappa shape index (κ2) is 5.85. The molecule has 2 nitrogen and oxygen atoms in total. The van der Waals surface area contributed by atoms with Gasteiger partial charge in [0.05, 0.1) is 0 Å². The zero-order valence-corrected chi connectivity index (χ0v) is 11.9. The summed E-state index contributed by atoms with van der Waals surface area (Å²) in [7, 11) is 0. The zero-order chi connectivity index (χ0) is 13.1. The summed E-state index contributed by atoms with van der Waals surface area (Å²) in [6, 6.07) is 7.11. The Morgan fingerprint density at radius 1 is 1.28 bits per heavy atom. The Kier molecular flexibility index (Phi) is 4.41. The Morgan fingerprint density at radius 3 is 2.56 bits per heavy atom. The molecule has 1 heterocycles. The molecule has 0 saturated carbocycles. The first kappa shape index (κ1) is 13.6. The van der Waals surface area contributed by atoms with Crippen LogP contribution in [-0.2, 0) is 6.54 Å². The van der Waals surface area contributed by atoms with Crippen molar-refractivity contribution in [2.75, 3.05) is 13.1 Å². The number of rotatable bonds is 3. The van der Waals surface area contributed by atoms with Crippen LogP contribution in [-0.4, -0.2) is 24.0 Å². The maximum atomic E-state index is 5.99. The molecule has 1 aromatic rings. The lowest BCUT2D eigenvalue weighted by Gasteiger charge is -2.34. The van der Waals surface area contributed by atoms with Crippen molar-refractivity contribution in [2.24, 2.45) is 11.7 Å². The normalized spacial score (nSPS) is 20.0. The van der Waals surface area contributed by atoms with Crippen molar-refractivity contribution in [2.45, 2.75) is 46.2 Å². The molecular weight excluding hydrogens is 220 g/mol. The number of nitrogens with two attached hydrogens (primary N) is 1. The maximum absolute atomic E-state index is 5.99. The SMILES string of the molecule is Cc1ccc(C)c(CN2CCC(C(C)N)CC2)c1. The van der Waals surface area contributed by atoms with Crippen molar-refractivity contribution in [1.29, 1.82) is 0 Å². The second-order valence-corrected chi connectivity index (χ2v) is 5.90. The molecule has 0 bridgehead atoms. The summed E-state index contributed by atoms with van der Waals surface area (Å²) >= 11 is 0. The molecule has 0 aromatic heterocycles. The molecule has 0 aliphatic carbocycles. The Balaban J connectivity index is 1.93. The highest BCUT2D eigenvalue weighted by atomic mass is 15.1. The van der Waals surface area contributed by atoms with Gasteiger partial charge in [0.1, 0.15) is 0 Å². The Hall–Kier alpha value is -0.860. The van der Waals surface area contributed by atoms with Gasteiger partial charge in [0, 0.05) is 12.6 Å². The number of piperidine rings is 1. The fourth-order valence-electron chi connectivity index (χ4n) is 2.85. The molecule has 2 N–H and O–H groups in total. The predicted molar refractivity (Wildman–Crippen MR) is 77.6 cm³/mol. The Bertz CT molecular complexity index is 390. The molecule has 0 spiro atoms. The highest BCUT2D eigenvalue weighted by Gasteiger charge is 2.21. The molecule has 0 radical (unpaired) electrons. The van der Waals surface area contributed by atoms with Crippen LogP contribution >= 0.6 is 0 Å². The first-order valence-electron chi connectivity index (χ1n) is 7.10. The van der Waals surface area contributed by atoms with Crippen LogP contribution in [0.1, 0.15) is 36.5 Å². The minimum absolute atomic E-state index is 0.354. The molecule has 1 unspecified atom stereocenters. The van der Waals surface area contributed by atoms with Crippen LogP contribution in [0, 0.1) is 19.8 Å². The van der Waals surface area contributed by atoms with Gasteiger partial charge in [0.15, 0.2) is 0 Å². The molecule has 1 saturated heterocycles. The standard InChI is InChI=1S/C16H26N2/c1-12-4-5-13(2)16(10-12)11-18-8-6-15(7-9-18)14(3)17/h4-5,10,14-15H,6-9,11,17H2,1-3H3. The van der Waals surface area contributed by atoms with Crippen molar-refractivity contribution < 1.29 is 0 Å². The molecule has 2 heteroatoms. The lowest BCUT2D eigenvalue weighted by Crippen LogP contribution is -2.39. The van der Waals surface area contributed by atoms with Gasteiger partial charge in [-0.25, -0.2) is 0 Å². The summed E-state index contributed by atoms with van der Waals surface area (Å²) in [5, 5.41) is 0. The molecule has 0 amide bonds. The van der Waals surface area contributed by atoms with Crippen molar-refractivity contribution in [3.8, 4) is 0 Å². The average Bonchev–Trinajstić information content (AvgIpc) is 2.34. The largest absolute Gasteiger partial charge is 0.328 e. The van der Waals surface area contributed by atoms with E-state index in [4.69, 9.17) is 5.73 Å². The van der Waals surface area contributed by atoms with Gasteiger partial charge in [-0.2, -0.15) is 0 Å². The first-order chi connectivity index (χ1) is 8.56. The molecule has 1 aliphatic heterocycles. The van der Waals surface area contributed by atoms with E-state index in [-0.39, 0.29) is 0 Å². The van der Waals surface area contributed by atoms with E-state index >= 15 is 0 Å². The molecule has 1 aliphatic rings. The van der Waals surface area contributed by atoms with E-state index in [1.807, 2.05) is 0 Å². The fraction of sp³-hybridized carbons (Fsp3) is 0.625. The molecule has 100 valence electrons. The van der Waals surface area contributed by atoms with Crippen LogP contribution in [0.2, 0.25) is 0 Å². The summed E-state index contributed by atoms with van der Waals surface area (Å²) in [5.41, 5.74) is 10.2. The molecule has 18 heavy (non-hydrogen) atoms. The van der Waals surface area contributed by atoms with E-state index in [1.54, 1.807) is 0 Å². The van der Waals surface area contributed by atoms with Crippen LogP contribution < -0.4 is 5.73 Å². The van der Waals surface area contributed by atoms with Crippen molar-refractivity contribution >= 4 is 0 Å². The van der Waals surface area contributed by atoms with Crippen molar-refractivity contribution in [1.82, 2.24) is 4.90 Å². The van der Waals surface area contributed by atoms with Crippen molar-refractivity contribution in [3.05, 3.63) is 34.9 Å². The highest BCUT2D eigenvalue weighted by molar-refractivity contribution is 5.30. The topological polar surface area (TPSA) is 29.3 Å². The van der Waals surface area contributed by atoms with Crippen LogP contribution in [0.4, 0.5) is 0 Å². The second-order valence-electron chi connectivity index (χ2n) is 5.90. The maximum Gasteiger partial charge on any atom is 0.0236 e. The third kappa shape index (κ3) is 3.33. The number of hydrogen-bond acceptors (Lipinski definition) is 2. The summed E-state index contributed by atoms with van der Waals surface area (Å²) in [6.07, 6.45) is 2.51. The van der Waals surface area contributed by atoms with Crippen LogP contribution in [0.25, 0.3) is 0 Å². The third-order valence-corrected chi connectivity index (χ3v) is 4.27. The van der Waals surface area contributed by atoms with Gasteiger partial charge in [-0.1, -0.05) is 23.8 Å². The van der Waals surface area contributed by atoms with E-state index in [0.29, 0.717) is 6.04 Å². The fourth-order valence-corrected chi connectivity index (χ4v) is 2.85. The molecule has 1 atom stereocenters. The lowest BCUT2D eigenvalue weighted by atomic mass is 9.90. The Morgan fingerprint density at radius 2 is 1.94 bits per heavy atom. The van der Waals surface area contributed by atoms with E-state index in [0.717, 1.165) is 12.5 Å². The quantitative estimate of drug-likeness (QED) is 0.888.